The lowest BCUT2D eigenvalue weighted by Gasteiger charge is -2.31. The summed E-state index contributed by atoms with van der Waals surface area (Å²) in [6, 6.07) is 15.8. The fourth-order valence-electron chi connectivity index (χ4n) is 3.05. The molecule has 30 heavy (non-hydrogen) atoms. The molecule has 0 spiro atoms. The smallest absolute Gasteiger partial charge is 0.242 e. The van der Waals surface area contributed by atoms with Gasteiger partial charge in [-0.25, -0.2) is 0 Å². The maximum atomic E-state index is 13.1. The van der Waals surface area contributed by atoms with Crippen LogP contribution in [0, 0.1) is 13.8 Å². The standard InChI is InChI=1S/C25H34N2O2S/c1-18-11-13-21(14-12-18)16-30-17-23(28)27(15-22-10-8-7-9-19(22)2)20(3)24(29)26-25(4,5)6/h7-14,20H,15-17H2,1-6H3,(H,26,29). The van der Waals surface area contributed by atoms with Gasteiger partial charge in [-0.15, -0.1) is 11.8 Å². The van der Waals surface area contributed by atoms with Crippen molar-refractivity contribution in [3.63, 3.8) is 0 Å². The predicted octanol–water partition coefficient (Wildman–Crippen LogP) is 4.87. The molecule has 2 rings (SSSR count). The summed E-state index contributed by atoms with van der Waals surface area (Å²) in [5.41, 5.74) is 4.25. The maximum Gasteiger partial charge on any atom is 0.242 e. The molecule has 0 fully saturated rings. The van der Waals surface area contributed by atoms with Gasteiger partial charge in [0.05, 0.1) is 5.75 Å². The van der Waals surface area contributed by atoms with E-state index in [1.807, 2.05) is 58.9 Å². The molecule has 1 atom stereocenters. The van der Waals surface area contributed by atoms with E-state index in [4.69, 9.17) is 0 Å². The minimum Gasteiger partial charge on any atom is -0.350 e. The third-order valence-electron chi connectivity index (χ3n) is 4.88. The van der Waals surface area contributed by atoms with E-state index in [1.165, 1.54) is 11.1 Å². The molecule has 1 unspecified atom stereocenters. The van der Waals surface area contributed by atoms with E-state index < -0.39 is 6.04 Å². The van der Waals surface area contributed by atoms with Gasteiger partial charge in [-0.2, -0.15) is 0 Å². The quantitative estimate of drug-likeness (QED) is 0.655. The van der Waals surface area contributed by atoms with Crippen LogP contribution in [0.1, 0.15) is 49.9 Å². The summed E-state index contributed by atoms with van der Waals surface area (Å²) < 4.78 is 0. The monoisotopic (exact) mass is 426 g/mol. The summed E-state index contributed by atoms with van der Waals surface area (Å²) in [6.07, 6.45) is 0. The van der Waals surface area contributed by atoms with E-state index >= 15 is 0 Å². The van der Waals surface area contributed by atoms with Crippen LogP contribution in [0.3, 0.4) is 0 Å². The first kappa shape index (κ1) is 24.0. The van der Waals surface area contributed by atoms with Crippen LogP contribution in [-0.4, -0.2) is 34.0 Å². The van der Waals surface area contributed by atoms with E-state index in [1.54, 1.807) is 16.7 Å². The Morgan fingerprint density at radius 2 is 1.67 bits per heavy atom. The lowest BCUT2D eigenvalue weighted by molar-refractivity contribution is -0.139. The molecule has 0 aromatic heterocycles. The first-order valence-corrected chi connectivity index (χ1v) is 11.5. The van der Waals surface area contributed by atoms with Crippen molar-refractivity contribution >= 4 is 23.6 Å². The van der Waals surface area contributed by atoms with Crippen molar-refractivity contribution in [2.45, 2.75) is 65.4 Å². The Morgan fingerprint density at radius 1 is 1.03 bits per heavy atom. The topological polar surface area (TPSA) is 49.4 Å². The van der Waals surface area contributed by atoms with Crippen LogP contribution >= 0.6 is 11.8 Å². The molecule has 0 aliphatic heterocycles. The first-order chi connectivity index (χ1) is 14.1. The van der Waals surface area contributed by atoms with Gasteiger partial charge >= 0.3 is 0 Å². The van der Waals surface area contributed by atoms with Gasteiger partial charge in [0, 0.05) is 17.8 Å². The van der Waals surface area contributed by atoms with E-state index in [2.05, 4.69) is 36.5 Å². The lowest BCUT2D eigenvalue weighted by Crippen LogP contribution is -2.52. The molecule has 0 saturated carbocycles. The first-order valence-electron chi connectivity index (χ1n) is 10.4. The molecular weight excluding hydrogens is 392 g/mol. The third-order valence-corrected chi connectivity index (χ3v) is 5.87. The van der Waals surface area contributed by atoms with Crippen LogP contribution in [0.4, 0.5) is 0 Å². The van der Waals surface area contributed by atoms with Crippen LogP contribution in [-0.2, 0) is 21.9 Å². The van der Waals surface area contributed by atoms with Gasteiger partial charge in [-0.3, -0.25) is 9.59 Å². The second kappa shape index (κ2) is 10.7. The summed E-state index contributed by atoms with van der Waals surface area (Å²) in [7, 11) is 0. The van der Waals surface area contributed by atoms with Gasteiger partial charge in [0.25, 0.3) is 0 Å². The summed E-state index contributed by atoms with van der Waals surface area (Å²) >= 11 is 1.58. The highest BCUT2D eigenvalue weighted by atomic mass is 32.2. The molecule has 0 aliphatic carbocycles. The molecule has 2 aromatic rings. The number of nitrogens with zero attached hydrogens (tertiary/aromatic N) is 1. The minimum absolute atomic E-state index is 0.0214. The lowest BCUT2D eigenvalue weighted by atomic mass is 10.1. The van der Waals surface area contributed by atoms with Crippen molar-refractivity contribution in [2.24, 2.45) is 0 Å². The predicted molar refractivity (Wildman–Crippen MR) is 126 cm³/mol. The van der Waals surface area contributed by atoms with Crippen molar-refractivity contribution in [1.82, 2.24) is 10.2 Å². The van der Waals surface area contributed by atoms with Crippen molar-refractivity contribution < 1.29 is 9.59 Å². The number of carbonyl (C=O) groups excluding carboxylic acids is 2. The second-order valence-corrected chi connectivity index (χ2v) is 9.83. The van der Waals surface area contributed by atoms with Crippen LogP contribution in [0.5, 0.6) is 0 Å². The molecule has 2 amide bonds. The number of hydrogen-bond acceptors (Lipinski definition) is 3. The zero-order valence-corrected chi connectivity index (χ0v) is 19.8. The molecule has 0 bridgehead atoms. The summed E-state index contributed by atoms with van der Waals surface area (Å²) in [5, 5.41) is 3.00. The fraction of sp³-hybridized carbons (Fsp3) is 0.440. The van der Waals surface area contributed by atoms with Crippen LogP contribution in [0.15, 0.2) is 48.5 Å². The summed E-state index contributed by atoms with van der Waals surface area (Å²) in [6.45, 7) is 12.2. The van der Waals surface area contributed by atoms with Crippen molar-refractivity contribution in [2.75, 3.05) is 5.75 Å². The Balaban J connectivity index is 2.10. The van der Waals surface area contributed by atoms with Gasteiger partial charge in [0.1, 0.15) is 6.04 Å². The number of thioether (sulfide) groups is 1. The number of nitrogens with one attached hydrogen (secondary N) is 1. The number of benzene rings is 2. The minimum atomic E-state index is -0.545. The Hall–Kier alpha value is -2.27. The molecule has 0 saturated heterocycles. The number of rotatable bonds is 8. The molecule has 0 heterocycles. The fourth-order valence-corrected chi connectivity index (χ4v) is 3.92. The molecule has 1 N–H and O–H groups in total. The molecule has 0 radical (unpaired) electrons. The average molecular weight is 427 g/mol. The largest absolute Gasteiger partial charge is 0.350 e. The van der Waals surface area contributed by atoms with Gasteiger partial charge in [0.15, 0.2) is 0 Å². The summed E-state index contributed by atoms with van der Waals surface area (Å²) in [5.74, 6) is 0.958. The number of amides is 2. The molecule has 162 valence electrons. The van der Waals surface area contributed by atoms with E-state index in [0.29, 0.717) is 12.3 Å². The highest BCUT2D eigenvalue weighted by Crippen LogP contribution is 2.18. The Bertz CT molecular complexity index is 856. The van der Waals surface area contributed by atoms with Gasteiger partial charge in [-0.05, 0) is 58.2 Å². The van der Waals surface area contributed by atoms with Crippen molar-refractivity contribution in [3.05, 3.63) is 70.8 Å². The van der Waals surface area contributed by atoms with E-state index in [0.717, 1.165) is 16.9 Å². The maximum absolute atomic E-state index is 13.1. The average Bonchev–Trinajstić information content (AvgIpc) is 2.67. The van der Waals surface area contributed by atoms with Crippen LogP contribution < -0.4 is 5.32 Å². The third kappa shape index (κ3) is 7.52. The van der Waals surface area contributed by atoms with Crippen LogP contribution in [0.2, 0.25) is 0 Å². The van der Waals surface area contributed by atoms with Gasteiger partial charge < -0.3 is 10.2 Å². The zero-order valence-electron chi connectivity index (χ0n) is 19.0. The SMILES string of the molecule is Cc1ccc(CSCC(=O)N(Cc2ccccc2C)C(C)C(=O)NC(C)(C)C)cc1. The van der Waals surface area contributed by atoms with Gasteiger partial charge in [-0.1, -0.05) is 54.1 Å². The van der Waals surface area contributed by atoms with E-state index in [-0.39, 0.29) is 17.4 Å². The highest BCUT2D eigenvalue weighted by molar-refractivity contribution is 7.99. The normalized spacial score (nSPS) is 12.3. The Morgan fingerprint density at radius 3 is 2.27 bits per heavy atom. The Kier molecular flexibility index (Phi) is 8.54. The number of aryl methyl sites for hydroxylation is 2. The van der Waals surface area contributed by atoms with Crippen molar-refractivity contribution in [1.29, 1.82) is 0 Å². The Labute approximate surface area is 185 Å². The van der Waals surface area contributed by atoms with Crippen LogP contribution in [0.25, 0.3) is 0 Å². The molecular formula is C25H34N2O2S. The molecule has 0 aliphatic rings. The zero-order chi connectivity index (χ0) is 22.3. The molecule has 2 aromatic carbocycles. The highest BCUT2D eigenvalue weighted by Gasteiger charge is 2.28. The number of carbonyl (C=O) groups is 2. The second-order valence-electron chi connectivity index (χ2n) is 8.84. The summed E-state index contributed by atoms with van der Waals surface area (Å²) in [4.78, 5) is 27.6. The molecule has 4 nitrogen and oxygen atoms in total. The van der Waals surface area contributed by atoms with Gasteiger partial charge in [0.2, 0.25) is 11.8 Å². The van der Waals surface area contributed by atoms with Crippen molar-refractivity contribution in [3.8, 4) is 0 Å². The number of hydrogen-bond donors (Lipinski definition) is 1. The molecule has 5 heteroatoms. The van der Waals surface area contributed by atoms with E-state index in [9.17, 15) is 9.59 Å².